The third kappa shape index (κ3) is 14.3. The molecule has 26 nitrogen and oxygen atoms in total. The molecular formula is C48H74N7O19P3S. The van der Waals surface area contributed by atoms with E-state index < -0.39 is 90.7 Å². The molecule has 1 saturated heterocycles. The highest BCUT2D eigenvalue weighted by Crippen LogP contribution is 2.68. The van der Waals surface area contributed by atoms with Crippen molar-refractivity contribution in [2.75, 3.05) is 37.8 Å². The number of phosphoric acid groups is 3. The molecule has 5 aliphatic rings. The monoisotopic (exact) mass is 1180 g/mol. The summed E-state index contributed by atoms with van der Waals surface area (Å²) in [4.78, 5) is 102. The molecule has 436 valence electrons. The van der Waals surface area contributed by atoms with Gasteiger partial charge in [0, 0.05) is 37.1 Å². The van der Waals surface area contributed by atoms with Crippen molar-refractivity contribution < 1.29 is 90.4 Å². The molecule has 1 aliphatic heterocycles. The summed E-state index contributed by atoms with van der Waals surface area (Å²) in [5, 5.41) is 38.2. The lowest BCUT2D eigenvalue weighted by molar-refractivity contribution is -0.137. The van der Waals surface area contributed by atoms with Crippen LogP contribution in [0.25, 0.3) is 11.2 Å². The molecule has 11 N–H and O–H groups in total. The van der Waals surface area contributed by atoms with Gasteiger partial charge in [0.25, 0.3) is 0 Å². The quantitative estimate of drug-likeness (QED) is 0.0401. The van der Waals surface area contributed by atoms with Gasteiger partial charge in [-0.15, -0.1) is 0 Å². The van der Waals surface area contributed by atoms with Crippen molar-refractivity contribution in [3.8, 4) is 0 Å². The summed E-state index contributed by atoms with van der Waals surface area (Å²) in [5.41, 5.74) is 6.17. The second-order valence-corrected chi connectivity index (χ2v) is 27.8. The highest BCUT2D eigenvalue weighted by molar-refractivity contribution is 8.14. The van der Waals surface area contributed by atoms with E-state index >= 15 is 0 Å². The summed E-state index contributed by atoms with van der Waals surface area (Å²) in [6.45, 7) is 9.29. The maximum Gasteiger partial charge on any atom is 0.481 e. The molecule has 7 rings (SSSR count). The second kappa shape index (κ2) is 24.6. The number of hydrogen-bond acceptors (Lipinski definition) is 20. The van der Waals surface area contributed by atoms with E-state index in [1.165, 1.54) is 13.8 Å². The van der Waals surface area contributed by atoms with Gasteiger partial charge in [-0.25, -0.2) is 28.6 Å². The Hall–Kier alpha value is -3.33. The van der Waals surface area contributed by atoms with E-state index in [-0.39, 0.29) is 64.1 Å². The summed E-state index contributed by atoms with van der Waals surface area (Å²) < 4.78 is 62.8. The fourth-order valence-electron chi connectivity index (χ4n) is 12.7. The van der Waals surface area contributed by atoms with E-state index in [0.29, 0.717) is 47.8 Å². The van der Waals surface area contributed by atoms with Gasteiger partial charge >= 0.3 is 23.5 Å². The van der Waals surface area contributed by atoms with E-state index in [9.17, 15) is 67.8 Å². The second-order valence-electron chi connectivity index (χ2n) is 22.5. The summed E-state index contributed by atoms with van der Waals surface area (Å²) in [7, 11) is -16.5. The number of hydrogen-bond donors (Lipinski definition) is 10. The van der Waals surface area contributed by atoms with Crippen LogP contribution in [0.4, 0.5) is 5.82 Å². The minimum Gasteiger partial charge on any atom is -0.392 e. The third-order valence-electron chi connectivity index (χ3n) is 16.9. The number of allylic oxidation sites excluding steroid dienone is 1. The molecule has 4 aliphatic carbocycles. The van der Waals surface area contributed by atoms with Gasteiger partial charge in [0.2, 0.25) is 16.9 Å². The van der Waals surface area contributed by atoms with Crippen LogP contribution in [-0.4, -0.2) is 140 Å². The van der Waals surface area contributed by atoms with Gasteiger partial charge in [0.05, 0.1) is 25.6 Å². The maximum absolute atomic E-state index is 13.0. The summed E-state index contributed by atoms with van der Waals surface area (Å²) in [5.74, 6) is 1.05. The molecule has 78 heavy (non-hydrogen) atoms. The number of fused-ring (bicyclic) bond motifs is 6. The number of thioether (sulfide) groups is 1. The number of carbonyl (C=O) groups excluding carboxylic acids is 4. The number of nitrogens with zero attached hydrogens (tertiary/aromatic N) is 4. The first kappa shape index (κ1) is 62.3. The van der Waals surface area contributed by atoms with Crippen LogP contribution >= 0.6 is 35.2 Å². The van der Waals surface area contributed by atoms with Crippen molar-refractivity contribution in [1.82, 2.24) is 30.2 Å². The highest BCUT2D eigenvalue weighted by atomic mass is 32.2. The molecule has 30 heteroatoms. The number of aliphatic hydroxyl groups excluding tert-OH is 3. The summed E-state index contributed by atoms with van der Waals surface area (Å²) in [6, 6.07) is 0. The lowest BCUT2D eigenvalue weighted by Crippen LogP contribution is -2.55. The minimum absolute atomic E-state index is 0.0107. The molecule has 0 spiro atoms. The first-order chi connectivity index (χ1) is 36.4. The molecule has 3 heterocycles. The lowest BCUT2D eigenvalue weighted by atomic mass is 9.45. The zero-order chi connectivity index (χ0) is 57.3. The molecule has 0 bridgehead atoms. The zero-order valence-corrected chi connectivity index (χ0v) is 47.9. The number of phosphoric ester groups is 3. The molecule has 4 fully saturated rings. The number of ether oxygens (including phenoxy) is 1. The number of anilines is 1. The number of imidazole rings is 1. The van der Waals surface area contributed by atoms with Crippen molar-refractivity contribution in [3.63, 3.8) is 0 Å². The van der Waals surface area contributed by atoms with Gasteiger partial charge in [0.15, 0.2) is 23.5 Å². The Morgan fingerprint density at radius 3 is 2.45 bits per heavy atom. The normalized spacial score (nSPS) is 31.8. The highest BCUT2D eigenvalue weighted by Gasteiger charge is 2.62. The molecule has 3 saturated carbocycles. The Morgan fingerprint density at radius 2 is 1.73 bits per heavy atom. The van der Waals surface area contributed by atoms with Crippen LogP contribution in [0.15, 0.2) is 36.0 Å². The zero-order valence-electron chi connectivity index (χ0n) is 44.4. The Kier molecular flexibility index (Phi) is 19.7. The van der Waals surface area contributed by atoms with Gasteiger partial charge < -0.3 is 56.0 Å². The molecule has 2 aromatic rings. The summed E-state index contributed by atoms with van der Waals surface area (Å²) in [6.07, 6.45) is 4.55. The van der Waals surface area contributed by atoms with Gasteiger partial charge in [0.1, 0.15) is 36.3 Å². The topological polar surface area (TPSA) is 401 Å². The first-order valence-electron chi connectivity index (χ1n) is 26.0. The fourth-order valence-corrected chi connectivity index (χ4v) is 16.3. The maximum atomic E-state index is 13.0. The van der Waals surface area contributed by atoms with E-state index in [4.69, 9.17) is 19.5 Å². The number of carbonyl (C=O) groups is 4. The van der Waals surface area contributed by atoms with Crippen molar-refractivity contribution in [1.29, 1.82) is 0 Å². The van der Waals surface area contributed by atoms with E-state index in [1.807, 2.05) is 12.2 Å². The van der Waals surface area contributed by atoms with Crippen molar-refractivity contribution in [2.45, 2.75) is 142 Å². The number of nitrogens with one attached hydrogen (secondary N) is 2. The van der Waals surface area contributed by atoms with Crippen LogP contribution in [0, 0.1) is 45.8 Å². The molecular weight excluding hydrogens is 1100 g/mol. The van der Waals surface area contributed by atoms with Crippen molar-refractivity contribution in [2.24, 2.45) is 45.8 Å². The Bertz CT molecular complexity index is 2780. The number of ketones is 1. The summed E-state index contributed by atoms with van der Waals surface area (Å²) >= 11 is 1.08. The number of aromatic nitrogens is 4. The molecule has 2 unspecified atom stereocenters. The predicted octanol–water partition coefficient (Wildman–Crippen LogP) is 4.15. The van der Waals surface area contributed by atoms with Crippen LogP contribution in [-0.2, 0) is 55.5 Å². The van der Waals surface area contributed by atoms with Crippen LogP contribution in [0.5, 0.6) is 0 Å². The number of amides is 2. The van der Waals surface area contributed by atoms with Crippen molar-refractivity contribution in [3.05, 3.63) is 36.0 Å². The number of nitrogen functional groups attached to an aromatic ring is 1. The molecule has 15 atom stereocenters. The average molecular weight is 1180 g/mol. The molecule has 0 aromatic carbocycles. The Labute approximate surface area is 455 Å². The molecule has 2 amide bonds. The lowest BCUT2D eigenvalue weighted by Gasteiger charge is -2.59. The predicted molar refractivity (Wildman–Crippen MR) is 281 cm³/mol. The van der Waals surface area contributed by atoms with Crippen molar-refractivity contribution >= 4 is 74.9 Å². The van der Waals surface area contributed by atoms with Gasteiger partial charge in [-0.3, -0.25) is 37.3 Å². The molecule has 2 aromatic heterocycles. The van der Waals surface area contributed by atoms with Gasteiger partial charge in [-0.05, 0) is 110 Å². The fraction of sp³-hybridized carbons (Fsp3) is 0.729. The third-order valence-corrected chi connectivity index (χ3v) is 21.0. The standard InChI is InChI=1S/C48H74N7O19P3S/c1-26(30-10-11-31-36-32(13-16-48(30,31)6)47(5)15-12-29(56)20-28(47)21-33(36)57)8-7-9-27(2)45(62)78-19-18-50-35(58)14-17-51-43(61)40(60)46(3,4)23-71-77(68,69)74-76(66,67)70-22-34-39(73-75(63,64)65)38(59)44(72-34)55-25-54-37-41(49)52-24-53-42(37)55/h9,20,24-26,30-34,36,38-40,44,57,59-60H,7-8,10-19,21-23H2,1-6H3,(H,50,58)(H,51,61)(H,66,67)(H,68,69)(H2,49,52,53)(H2,63,64,65)/b27-9+/t26-,30-,31+,32+,33-,34-,36+,38-,39-,40+,44-,47+,48-/m1/s1. The van der Waals surface area contributed by atoms with Crippen LogP contribution in [0.3, 0.4) is 0 Å². The Balaban J connectivity index is 0.777. The number of nitrogens with two attached hydrogens (primary N) is 1. The minimum atomic E-state index is -5.60. The van der Waals surface area contributed by atoms with E-state index in [2.05, 4.69) is 55.2 Å². The van der Waals surface area contributed by atoms with Gasteiger partial charge in [-0.1, -0.05) is 58.0 Å². The average Bonchev–Trinajstić information content (AvgIpc) is 4.21. The van der Waals surface area contributed by atoms with E-state index in [0.717, 1.165) is 79.5 Å². The van der Waals surface area contributed by atoms with Crippen LogP contribution in [0.2, 0.25) is 0 Å². The largest absolute Gasteiger partial charge is 0.481 e. The smallest absolute Gasteiger partial charge is 0.392 e. The van der Waals surface area contributed by atoms with E-state index in [1.54, 1.807) is 6.92 Å². The van der Waals surface area contributed by atoms with Gasteiger partial charge in [-0.2, -0.15) is 4.31 Å². The Morgan fingerprint density at radius 1 is 1.01 bits per heavy atom. The first-order valence-corrected chi connectivity index (χ1v) is 31.5. The molecule has 0 radical (unpaired) electrons. The number of rotatable bonds is 24. The SMILES string of the molecule is C/C(=C\CC[C@@H](C)[C@H]1CC[C@H]2[C@@H]3[C@H](O)CC4=CC(=O)CC[C@]4(C)[C@H]3CC[C@]12C)C(=O)SCCNC(=O)CCNC(=O)[C@H](O)C(C)(C)COP(=O)(O)OP(=O)(O)OC[C@H]1O[C@@H](n2cnc3c(N)ncnc32)[C@H](O)[C@@H]1OP(=O)(O)O. The van der Waals surface area contributed by atoms with Crippen LogP contribution in [0.1, 0.15) is 112 Å². The number of aliphatic hydroxyl groups is 3. The van der Waals surface area contributed by atoms with Crippen LogP contribution < -0.4 is 16.4 Å².